The molecule has 0 amide bonds. The summed E-state index contributed by atoms with van der Waals surface area (Å²) in [5.74, 6) is 1.88. The largest absolute Gasteiger partial charge is 0.493 e. The minimum Gasteiger partial charge on any atom is -0.493 e. The molecule has 3 rings (SSSR count). The van der Waals surface area contributed by atoms with Gasteiger partial charge in [0.25, 0.3) is 0 Å². The van der Waals surface area contributed by atoms with Gasteiger partial charge in [-0.2, -0.15) is 0 Å². The van der Waals surface area contributed by atoms with Gasteiger partial charge in [0.15, 0.2) is 11.5 Å². The molecule has 0 spiro atoms. The van der Waals surface area contributed by atoms with Gasteiger partial charge in [0, 0.05) is 28.8 Å². The number of aromatic nitrogens is 1. The minimum absolute atomic E-state index is 0.473. The summed E-state index contributed by atoms with van der Waals surface area (Å²) in [7, 11) is 3.20. The molecule has 2 aromatic carbocycles. The van der Waals surface area contributed by atoms with Crippen molar-refractivity contribution in [2.75, 3.05) is 32.7 Å². The minimum atomic E-state index is 0.473. The van der Waals surface area contributed by atoms with Gasteiger partial charge in [-0.3, -0.25) is 4.98 Å². The molecule has 6 heteroatoms. The first-order chi connectivity index (χ1) is 12.2. The zero-order valence-electron chi connectivity index (χ0n) is 14.1. The van der Waals surface area contributed by atoms with Crippen molar-refractivity contribution < 1.29 is 14.2 Å². The van der Waals surface area contributed by atoms with Crippen LogP contribution in [0.4, 0.5) is 5.69 Å². The first-order valence-electron chi connectivity index (χ1n) is 7.85. The first-order valence-corrected chi connectivity index (χ1v) is 8.22. The molecule has 0 bridgehead atoms. The molecular formula is C19H19ClN2O3. The number of para-hydroxylation sites is 1. The van der Waals surface area contributed by atoms with Gasteiger partial charge < -0.3 is 19.5 Å². The Hall–Kier alpha value is -2.66. The standard InChI is InChI=1S/C19H19ClN2O3/c1-23-17-4-3-5-18(19(17)24-2)25-11-10-22-15-8-9-21-16-12-13(20)6-7-14(15)16/h3-9,12H,10-11H2,1-2H3,(H,21,22). The zero-order chi connectivity index (χ0) is 17.6. The molecule has 3 aromatic rings. The quantitative estimate of drug-likeness (QED) is 0.634. The third-order valence-corrected chi connectivity index (χ3v) is 3.98. The van der Waals surface area contributed by atoms with Gasteiger partial charge >= 0.3 is 0 Å². The van der Waals surface area contributed by atoms with Crippen LogP contribution in [0.15, 0.2) is 48.7 Å². The summed E-state index contributed by atoms with van der Waals surface area (Å²) < 4.78 is 16.5. The fraction of sp³-hybridized carbons (Fsp3) is 0.211. The van der Waals surface area contributed by atoms with Crippen LogP contribution in [0.1, 0.15) is 0 Å². The number of ether oxygens (including phenoxy) is 3. The number of anilines is 1. The molecule has 130 valence electrons. The van der Waals surface area contributed by atoms with Gasteiger partial charge in [-0.05, 0) is 36.4 Å². The Labute approximate surface area is 151 Å². The van der Waals surface area contributed by atoms with E-state index in [1.54, 1.807) is 20.4 Å². The van der Waals surface area contributed by atoms with Gasteiger partial charge in [-0.1, -0.05) is 17.7 Å². The first kappa shape index (κ1) is 17.2. The maximum atomic E-state index is 6.02. The second kappa shape index (κ2) is 7.94. The Kier molecular flexibility index (Phi) is 5.46. The fourth-order valence-electron chi connectivity index (χ4n) is 2.59. The van der Waals surface area contributed by atoms with Crippen LogP contribution < -0.4 is 19.5 Å². The summed E-state index contributed by atoms with van der Waals surface area (Å²) in [5, 5.41) is 5.05. The number of halogens is 1. The normalized spacial score (nSPS) is 10.5. The van der Waals surface area contributed by atoms with E-state index in [1.165, 1.54) is 0 Å². The lowest BCUT2D eigenvalue weighted by atomic mass is 10.2. The lowest BCUT2D eigenvalue weighted by molar-refractivity contribution is 0.293. The van der Waals surface area contributed by atoms with Crippen LogP contribution in [0.3, 0.4) is 0 Å². The smallest absolute Gasteiger partial charge is 0.203 e. The molecule has 5 nitrogen and oxygen atoms in total. The topological polar surface area (TPSA) is 52.6 Å². The molecule has 25 heavy (non-hydrogen) atoms. The number of nitrogens with zero attached hydrogens (tertiary/aromatic N) is 1. The summed E-state index contributed by atoms with van der Waals surface area (Å²) >= 11 is 6.02. The van der Waals surface area contributed by atoms with Crippen molar-refractivity contribution in [3.8, 4) is 17.2 Å². The maximum Gasteiger partial charge on any atom is 0.203 e. The predicted molar refractivity (Wildman–Crippen MR) is 100 cm³/mol. The Balaban J connectivity index is 1.65. The number of benzene rings is 2. The van der Waals surface area contributed by atoms with E-state index in [9.17, 15) is 0 Å². The predicted octanol–water partition coefficient (Wildman–Crippen LogP) is 4.40. The summed E-state index contributed by atoms with van der Waals surface area (Å²) in [6.45, 7) is 1.10. The molecule has 0 fully saturated rings. The van der Waals surface area contributed by atoms with Gasteiger partial charge in [0.05, 0.1) is 19.7 Å². The molecule has 0 unspecified atom stereocenters. The van der Waals surface area contributed by atoms with Crippen molar-refractivity contribution in [1.82, 2.24) is 4.98 Å². The van der Waals surface area contributed by atoms with Crippen molar-refractivity contribution in [2.24, 2.45) is 0 Å². The molecule has 0 atom stereocenters. The second-order valence-electron chi connectivity index (χ2n) is 5.29. The number of fused-ring (bicyclic) bond motifs is 1. The van der Waals surface area contributed by atoms with Gasteiger partial charge in [-0.25, -0.2) is 0 Å². The van der Waals surface area contributed by atoms with Crippen LogP contribution in [0.25, 0.3) is 10.9 Å². The molecule has 1 N–H and O–H groups in total. The summed E-state index contributed by atoms with van der Waals surface area (Å²) in [6, 6.07) is 13.1. The summed E-state index contributed by atoms with van der Waals surface area (Å²) in [4.78, 5) is 4.33. The Morgan fingerprint density at radius 1 is 1.04 bits per heavy atom. The van der Waals surface area contributed by atoms with Gasteiger partial charge in [0.1, 0.15) is 6.61 Å². The number of hydrogen-bond donors (Lipinski definition) is 1. The number of rotatable bonds is 7. The molecule has 0 aliphatic heterocycles. The lowest BCUT2D eigenvalue weighted by Crippen LogP contribution is -2.12. The average molecular weight is 359 g/mol. The number of nitrogens with one attached hydrogen (secondary N) is 1. The molecule has 0 aliphatic carbocycles. The monoisotopic (exact) mass is 358 g/mol. The maximum absolute atomic E-state index is 6.02. The third kappa shape index (κ3) is 3.88. The van der Waals surface area contributed by atoms with Gasteiger partial charge in [-0.15, -0.1) is 0 Å². The highest BCUT2D eigenvalue weighted by molar-refractivity contribution is 6.31. The van der Waals surface area contributed by atoms with E-state index in [0.29, 0.717) is 35.4 Å². The van der Waals surface area contributed by atoms with E-state index >= 15 is 0 Å². The highest BCUT2D eigenvalue weighted by Gasteiger charge is 2.10. The van der Waals surface area contributed by atoms with Gasteiger partial charge in [0.2, 0.25) is 5.75 Å². The average Bonchev–Trinajstić information content (AvgIpc) is 2.64. The van der Waals surface area contributed by atoms with Crippen molar-refractivity contribution in [3.05, 3.63) is 53.7 Å². The number of pyridine rings is 1. The highest BCUT2D eigenvalue weighted by atomic mass is 35.5. The Morgan fingerprint density at radius 3 is 2.68 bits per heavy atom. The van der Waals surface area contributed by atoms with E-state index in [0.717, 1.165) is 16.6 Å². The van der Waals surface area contributed by atoms with Crippen LogP contribution in [0, 0.1) is 0 Å². The Bertz CT molecular complexity index is 870. The highest BCUT2D eigenvalue weighted by Crippen LogP contribution is 2.36. The van der Waals surface area contributed by atoms with Crippen LogP contribution in [-0.4, -0.2) is 32.4 Å². The van der Waals surface area contributed by atoms with Crippen LogP contribution in [-0.2, 0) is 0 Å². The number of methoxy groups -OCH3 is 2. The molecule has 0 saturated heterocycles. The Morgan fingerprint density at radius 2 is 1.88 bits per heavy atom. The van der Waals surface area contributed by atoms with Crippen LogP contribution >= 0.6 is 11.6 Å². The van der Waals surface area contributed by atoms with E-state index in [2.05, 4.69) is 10.3 Å². The van der Waals surface area contributed by atoms with Crippen molar-refractivity contribution in [3.63, 3.8) is 0 Å². The molecule has 1 aromatic heterocycles. The molecule has 0 saturated carbocycles. The zero-order valence-corrected chi connectivity index (χ0v) is 14.8. The second-order valence-corrected chi connectivity index (χ2v) is 5.72. The third-order valence-electron chi connectivity index (χ3n) is 3.75. The molecule has 1 heterocycles. The SMILES string of the molecule is COc1cccc(OCCNc2ccnc3cc(Cl)ccc23)c1OC. The molecule has 0 aliphatic rings. The van der Waals surface area contributed by atoms with E-state index in [4.69, 9.17) is 25.8 Å². The van der Waals surface area contributed by atoms with E-state index in [-0.39, 0.29) is 0 Å². The molecular weight excluding hydrogens is 340 g/mol. The van der Waals surface area contributed by atoms with Crippen molar-refractivity contribution in [1.29, 1.82) is 0 Å². The van der Waals surface area contributed by atoms with Crippen LogP contribution in [0.5, 0.6) is 17.2 Å². The molecule has 0 radical (unpaired) electrons. The lowest BCUT2D eigenvalue weighted by Gasteiger charge is -2.14. The fourth-order valence-corrected chi connectivity index (χ4v) is 2.76. The van der Waals surface area contributed by atoms with Crippen LogP contribution in [0.2, 0.25) is 5.02 Å². The summed E-state index contributed by atoms with van der Waals surface area (Å²) in [6.07, 6.45) is 1.76. The number of hydrogen-bond acceptors (Lipinski definition) is 5. The van der Waals surface area contributed by atoms with Crippen molar-refractivity contribution in [2.45, 2.75) is 0 Å². The van der Waals surface area contributed by atoms with E-state index < -0.39 is 0 Å². The van der Waals surface area contributed by atoms with Crippen molar-refractivity contribution >= 4 is 28.2 Å². The summed E-state index contributed by atoms with van der Waals surface area (Å²) in [5.41, 5.74) is 1.84. The van der Waals surface area contributed by atoms with E-state index in [1.807, 2.05) is 42.5 Å².